The van der Waals surface area contributed by atoms with Gasteiger partial charge in [0.15, 0.2) is 11.6 Å². The van der Waals surface area contributed by atoms with Crippen LogP contribution in [0.1, 0.15) is 27.1 Å². The van der Waals surface area contributed by atoms with E-state index in [1.807, 2.05) is 0 Å². The van der Waals surface area contributed by atoms with Crippen LogP contribution < -0.4 is 0 Å². The number of hydrogen-bond donors (Lipinski definition) is 3. The van der Waals surface area contributed by atoms with Gasteiger partial charge in [-0.1, -0.05) is 0 Å². The first-order valence-electron chi connectivity index (χ1n) is 4.11. The monoisotopic (exact) mass is 228 g/mol. The second-order valence-electron chi connectivity index (χ2n) is 3.25. The predicted octanol–water partition coefficient (Wildman–Crippen LogP) is 2.04. The van der Waals surface area contributed by atoms with Crippen LogP contribution in [0.15, 0.2) is 23.1 Å². The zero-order chi connectivity index (χ0) is 11.2. The molecule has 1 aromatic rings. The number of carbonyl (C=O) groups excluding carboxylic acids is 2. The summed E-state index contributed by atoms with van der Waals surface area (Å²) in [4.78, 5) is 22.4. The summed E-state index contributed by atoms with van der Waals surface area (Å²) < 4.78 is 26.9. The zero-order valence-electron chi connectivity index (χ0n) is 7.51. The number of ketones is 2. The Hall–Kier alpha value is -1.21. The van der Waals surface area contributed by atoms with E-state index >= 15 is 0 Å². The Morgan fingerprint density at radius 3 is 2.20 bits per heavy atom. The van der Waals surface area contributed by atoms with E-state index in [0.29, 0.717) is 0 Å². The van der Waals surface area contributed by atoms with E-state index in [-0.39, 0.29) is 34.0 Å². The highest BCUT2D eigenvalue weighted by Crippen LogP contribution is 2.44. The molecule has 0 saturated heterocycles. The summed E-state index contributed by atoms with van der Waals surface area (Å²) in [7, 11) is -3.83. The van der Waals surface area contributed by atoms with Gasteiger partial charge < -0.3 is 13.7 Å². The normalized spacial score (nSPS) is 16.7. The van der Waals surface area contributed by atoms with Crippen LogP contribution in [-0.2, 0) is 0 Å². The minimum atomic E-state index is -3.83. The Bertz CT molecular complexity index is 460. The lowest BCUT2D eigenvalue weighted by atomic mass is 10.1. The summed E-state index contributed by atoms with van der Waals surface area (Å²) >= 11 is 0. The smallest absolute Gasteiger partial charge is 0.171 e. The van der Waals surface area contributed by atoms with Crippen LogP contribution in [0.4, 0.5) is 0 Å². The topological polar surface area (TPSA) is 94.8 Å². The van der Waals surface area contributed by atoms with Crippen LogP contribution in [-0.4, -0.2) is 25.2 Å². The first-order valence-corrected chi connectivity index (χ1v) is 5.61. The van der Waals surface area contributed by atoms with Gasteiger partial charge in [0.25, 0.3) is 0 Å². The molecule has 0 aliphatic heterocycles. The van der Waals surface area contributed by atoms with Crippen LogP contribution in [0.25, 0.3) is 0 Å². The Morgan fingerprint density at radius 2 is 1.60 bits per heavy atom. The molecule has 0 radical (unpaired) electrons. The number of hydrogen-bond acceptors (Lipinski definition) is 5. The number of fused-ring (bicyclic) bond motifs is 1. The van der Waals surface area contributed by atoms with Crippen molar-refractivity contribution in [3.05, 3.63) is 29.3 Å². The highest BCUT2D eigenvalue weighted by Gasteiger charge is 2.29. The molecule has 1 aliphatic carbocycles. The van der Waals surface area contributed by atoms with Crippen LogP contribution >= 0.6 is 10.9 Å². The summed E-state index contributed by atoms with van der Waals surface area (Å²) in [6.45, 7) is 0. The fourth-order valence-electron chi connectivity index (χ4n) is 1.50. The van der Waals surface area contributed by atoms with E-state index in [4.69, 9.17) is 13.7 Å². The largest absolute Gasteiger partial charge is 0.304 e. The van der Waals surface area contributed by atoms with Gasteiger partial charge in [-0.15, -0.1) is 0 Å². The Morgan fingerprint density at radius 1 is 1.00 bits per heavy atom. The first-order chi connectivity index (χ1) is 6.89. The van der Waals surface area contributed by atoms with Gasteiger partial charge in [-0.25, -0.2) is 0 Å². The van der Waals surface area contributed by atoms with Crippen molar-refractivity contribution in [2.75, 3.05) is 0 Å². The van der Waals surface area contributed by atoms with Crippen LogP contribution in [0.2, 0.25) is 0 Å². The third-order valence-corrected chi connectivity index (χ3v) is 3.12. The van der Waals surface area contributed by atoms with E-state index in [0.717, 1.165) is 6.07 Å². The van der Waals surface area contributed by atoms with Gasteiger partial charge in [0.2, 0.25) is 0 Å². The van der Waals surface area contributed by atoms with E-state index in [2.05, 4.69) is 0 Å². The van der Waals surface area contributed by atoms with Crippen molar-refractivity contribution in [1.82, 2.24) is 0 Å². The molecule has 2 rings (SSSR count). The van der Waals surface area contributed by atoms with Crippen molar-refractivity contribution in [2.24, 2.45) is 0 Å². The molecule has 0 aromatic heterocycles. The van der Waals surface area contributed by atoms with Gasteiger partial charge in [0.1, 0.15) is 10.9 Å². The van der Waals surface area contributed by atoms with E-state index in [1.54, 1.807) is 0 Å². The van der Waals surface area contributed by atoms with Gasteiger partial charge in [-0.05, 0) is 18.2 Å². The maximum absolute atomic E-state index is 11.3. The first kappa shape index (κ1) is 10.3. The van der Waals surface area contributed by atoms with Crippen LogP contribution in [0.5, 0.6) is 0 Å². The molecule has 1 aromatic carbocycles. The van der Waals surface area contributed by atoms with Crippen molar-refractivity contribution >= 4 is 22.4 Å². The Balaban J connectivity index is 2.57. The lowest BCUT2D eigenvalue weighted by molar-refractivity contribution is 0.0923. The average molecular weight is 228 g/mol. The standard InChI is InChI=1S/C9H8O5S/c10-8-4-9(11)7-3-5(15(12,13)14)1-2-6(7)8/h1-3,12-14H,4H2. The highest BCUT2D eigenvalue weighted by molar-refractivity contribution is 8.19. The maximum Gasteiger partial charge on any atom is 0.171 e. The quantitative estimate of drug-likeness (QED) is 0.639. The fourth-order valence-corrected chi connectivity index (χ4v) is 2.03. The molecule has 15 heavy (non-hydrogen) atoms. The third kappa shape index (κ3) is 1.68. The van der Waals surface area contributed by atoms with Gasteiger partial charge in [0.05, 0.1) is 11.3 Å². The number of carbonyl (C=O) groups is 2. The molecular formula is C9H8O5S. The minimum Gasteiger partial charge on any atom is -0.304 e. The second-order valence-corrected chi connectivity index (χ2v) is 4.76. The van der Waals surface area contributed by atoms with Crippen LogP contribution in [0.3, 0.4) is 0 Å². The molecule has 0 spiro atoms. The van der Waals surface area contributed by atoms with Gasteiger partial charge in [-0.3, -0.25) is 9.59 Å². The Labute approximate surface area is 86.9 Å². The molecular weight excluding hydrogens is 220 g/mol. The number of Topliss-reactive ketones (excluding diaryl/α,β-unsaturated/α-hetero) is 2. The van der Waals surface area contributed by atoms with Gasteiger partial charge in [0, 0.05) is 11.1 Å². The highest BCUT2D eigenvalue weighted by atomic mass is 32.3. The minimum absolute atomic E-state index is 0.145. The SMILES string of the molecule is O=C1CC(=O)c2cc(S(O)(O)O)ccc21. The Kier molecular flexibility index (Phi) is 2.16. The molecule has 0 atom stereocenters. The molecule has 3 N–H and O–H groups in total. The van der Waals surface area contributed by atoms with E-state index < -0.39 is 10.9 Å². The molecule has 0 bridgehead atoms. The molecule has 80 valence electrons. The fraction of sp³-hybridized carbons (Fsp3) is 0.111. The summed E-state index contributed by atoms with van der Waals surface area (Å²) in [5, 5.41) is 0. The average Bonchev–Trinajstić information content (AvgIpc) is 2.41. The van der Waals surface area contributed by atoms with E-state index in [9.17, 15) is 9.59 Å². The van der Waals surface area contributed by atoms with Crippen molar-refractivity contribution in [1.29, 1.82) is 0 Å². The molecule has 0 fully saturated rings. The summed E-state index contributed by atoms with van der Waals surface area (Å²) in [5.74, 6) is -0.642. The maximum atomic E-state index is 11.3. The van der Waals surface area contributed by atoms with Gasteiger partial charge >= 0.3 is 0 Å². The number of rotatable bonds is 1. The molecule has 0 heterocycles. The number of benzene rings is 1. The molecule has 1 aliphatic rings. The van der Waals surface area contributed by atoms with Crippen LogP contribution in [0, 0.1) is 0 Å². The third-order valence-electron chi connectivity index (χ3n) is 2.23. The predicted molar refractivity (Wildman–Crippen MR) is 53.5 cm³/mol. The van der Waals surface area contributed by atoms with Gasteiger partial charge in [-0.2, -0.15) is 0 Å². The van der Waals surface area contributed by atoms with E-state index in [1.165, 1.54) is 12.1 Å². The molecule has 0 saturated carbocycles. The molecule has 5 nitrogen and oxygen atoms in total. The molecule has 6 heteroatoms. The lowest BCUT2D eigenvalue weighted by Gasteiger charge is -2.19. The summed E-state index contributed by atoms with van der Waals surface area (Å²) in [6.07, 6.45) is -0.191. The summed E-state index contributed by atoms with van der Waals surface area (Å²) in [6, 6.07) is 3.70. The molecule has 0 amide bonds. The molecule has 0 unspecified atom stereocenters. The zero-order valence-corrected chi connectivity index (χ0v) is 8.32. The van der Waals surface area contributed by atoms with Crippen molar-refractivity contribution in [3.63, 3.8) is 0 Å². The van der Waals surface area contributed by atoms with Crippen molar-refractivity contribution in [3.8, 4) is 0 Å². The summed E-state index contributed by atoms with van der Waals surface area (Å²) in [5.41, 5.74) is 0.416. The van der Waals surface area contributed by atoms with Crippen molar-refractivity contribution in [2.45, 2.75) is 11.3 Å². The lowest BCUT2D eigenvalue weighted by Crippen LogP contribution is -1.99. The second kappa shape index (κ2) is 3.14. The van der Waals surface area contributed by atoms with Crippen molar-refractivity contribution < 1.29 is 23.2 Å².